The molecule has 0 aromatic rings. The number of rotatable bonds is 11. The van der Waals surface area contributed by atoms with Crippen molar-refractivity contribution in [2.75, 3.05) is 40.0 Å². The van der Waals surface area contributed by atoms with Gasteiger partial charge in [-0.3, -0.25) is 9.59 Å². The van der Waals surface area contributed by atoms with E-state index in [0.717, 1.165) is 0 Å². The Kier molecular flexibility index (Phi) is 9.19. The van der Waals surface area contributed by atoms with Gasteiger partial charge in [-0.25, -0.2) is 5.48 Å². The Morgan fingerprint density at radius 3 is 2.08 bits per heavy atom. The quantitative estimate of drug-likeness (QED) is 0.305. The molecular weight excluding hydrogens is 358 g/mol. The monoisotopic (exact) mass is 390 g/mol. The van der Waals surface area contributed by atoms with Crippen LogP contribution >= 0.6 is 0 Å². The van der Waals surface area contributed by atoms with Gasteiger partial charge < -0.3 is 9.80 Å². The number of carbonyl (C=O) groups is 2. The standard InChI is InChI=1S/C17H31N3O5S/c1-12(2)11-26(23,24)25-19-17(22)14(5)15(10-20(6,7)8)9-18-16(21)13(3)4/h12,15H,3,5,9-11H2,1-2,4,6-8H3,(H-,18,19,21,22)/p+1. The molecule has 0 spiro atoms. The fourth-order valence-corrected chi connectivity index (χ4v) is 3.21. The Morgan fingerprint density at radius 2 is 1.65 bits per heavy atom. The van der Waals surface area contributed by atoms with Gasteiger partial charge in [0.1, 0.15) is 0 Å². The maximum absolute atomic E-state index is 12.2. The van der Waals surface area contributed by atoms with Gasteiger partial charge in [0.25, 0.3) is 16.0 Å². The van der Waals surface area contributed by atoms with Crippen LogP contribution in [0.2, 0.25) is 0 Å². The second kappa shape index (κ2) is 9.84. The van der Waals surface area contributed by atoms with E-state index in [9.17, 15) is 18.0 Å². The normalized spacial score (nSPS) is 13.2. The van der Waals surface area contributed by atoms with Crippen molar-refractivity contribution in [2.24, 2.45) is 11.8 Å². The lowest BCUT2D eigenvalue weighted by Crippen LogP contribution is -2.45. The van der Waals surface area contributed by atoms with Crippen LogP contribution in [0.3, 0.4) is 0 Å². The summed E-state index contributed by atoms with van der Waals surface area (Å²) in [6.45, 7) is 13.0. The topological polar surface area (TPSA) is 102 Å². The summed E-state index contributed by atoms with van der Waals surface area (Å²) in [4.78, 5) is 24.0. The predicted molar refractivity (Wildman–Crippen MR) is 101 cm³/mol. The molecule has 0 aliphatic carbocycles. The van der Waals surface area contributed by atoms with Gasteiger partial charge in [0.2, 0.25) is 5.91 Å². The first-order valence-electron chi connectivity index (χ1n) is 8.29. The zero-order chi connectivity index (χ0) is 20.7. The largest absolute Gasteiger partial charge is 0.351 e. The molecule has 0 aromatic carbocycles. The third-order valence-corrected chi connectivity index (χ3v) is 4.66. The molecule has 1 atom stereocenters. The summed E-state index contributed by atoms with van der Waals surface area (Å²) in [5.74, 6) is -1.81. The Morgan fingerprint density at radius 1 is 1.12 bits per heavy atom. The van der Waals surface area contributed by atoms with Gasteiger partial charge in [0, 0.05) is 17.7 Å². The molecule has 0 saturated carbocycles. The third kappa shape index (κ3) is 10.3. The van der Waals surface area contributed by atoms with Crippen LogP contribution in [0, 0.1) is 11.8 Å². The Balaban J connectivity index is 5.01. The van der Waals surface area contributed by atoms with Crippen LogP contribution in [0.5, 0.6) is 0 Å². The van der Waals surface area contributed by atoms with Crippen molar-refractivity contribution in [3.05, 3.63) is 24.3 Å². The van der Waals surface area contributed by atoms with E-state index < -0.39 is 21.9 Å². The molecule has 0 aromatic heterocycles. The zero-order valence-electron chi connectivity index (χ0n) is 16.6. The van der Waals surface area contributed by atoms with Gasteiger partial charge in [-0.15, -0.1) is 4.28 Å². The number of quaternary nitrogens is 1. The van der Waals surface area contributed by atoms with Crippen molar-refractivity contribution in [1.29, 1.82) is 0 Å². The highest BCUT2D eigenvalue weighted by atomic mass is 32.2. The Hall–Kier alpha value is -1.71. The van der Waals surface area contributed by atoms with E-state index in [4.69, 9.17) is 0 Å². The lowest BCUT2D eigenvalue weighted by atomic mass is 9.98. The molecule has 2 N–H and O–H groups in total. The van der Waals surface area contributed by atoms with Crippen molar-refractivity contribution in [2.45, 2.75) is 20.8 Å². The molecule has 0 saturated heterocycles. The molecule has 1 unspecified atom stereocenters. The van der Waals surface area contributed by atoms with E-state index in [2.05, 4.69) is 22.8 Å². The number of nitrogens with zero attached hydrogens (tertiary/aromatic N) is 1. The van der Waals surface area contributed by atoms with Gasteiger partial charge in [-0.05, 0) is 12.8 Å². The van der Waals surface area contributed by atoms with Gasteiger partial charge in [0.15, 0.2) is 0 Å². The van der Waals surface area contributed by atoms with Gasteiger partial charge >= 0.3 is 0 Å². The van der Waals surface area contributed by atoms with Crippen LogP contribution in [-0.4, -0.2) is 64.7 Å². The number of nitrogens with one attached hydrogen (secondary N) is 2. The van der Waals surface area contributed by atoms with Crippen molar-refractivity contribution in [3.63, 3.8) is 0 Å². The van der Waals surface area contributed by atoms with E-state index in [1.165, 1.54) is 0 Å². The molecule has 150 valence electrons. The number of hydrogen-bond acceptors (Lipinski definition) is 5. The first kappa shape index (κ1) is 24.3. The van der Waals surface area contributed by atoms with Crippen LogP contribution in [0.15, 0.2) is 24.3 Å². The summed E-state index contributed by atoms with van der Waals surface area (Å²) in [5.41, 5.74) is 2.42. The number of amides is 2. The smallest absolute Gasteiger partial charge is 0.288 e. The van der Waals surface area contributed by atoms with Crippen LogP contribution in [-0.2, 0) is 24.0 Å². The SMILES string of the molecule is C=C(C)C(=O)NCC(C[N+](C)(C)C)C(=C)C(=O)NOS(=O)(=O)CC(C)C. The molecule has 0 aliphatic rings. The molecule has 2 amide bonds. The number of hydrogen-bond donors (Lipinski definition) is 2. The fraction of sp³-hybridized carbons (Fsp3) is 0.647. The minimum absolute atomic E-state index is 0.125. The second-order valence-corrected chi connectivity index (χ2v) is 9.43. The van der Waals surface area contributed by atoms with Crippen molar-refractivity contribution >= 4 is 21.9 Å². The summed E-state index contributed by atoms with van der Waals surface area (Å²) in [5, 5.41) is 2.69. The Bertz CT molecular complexity index is 648. The minimum Gasteiger partial charge on any atom is -0.351 e. The summed E-state index contributed by atoms with van der Waals surface area (Å²) < 4.78 is 28.5. The average molecular weight is 391 g/mol. The molecular formula is C17H32N3O5S+. The summed E-state index contributed by atoms with van der Waals surface area (Å²) in [6, 6.07) is 0. The van der Waals surface area contributed by atoms with Gasteiger partial charge in [-0.2, -0.15) is 8.42 Å². The highest BCUT2D eigenvalue weighted by molar-refractivity contribution is 7.86. The molecule has 0 fully saturated rings. The second-order valence-electron chi connectivity index (χ2n) is 7.82. The van der Waals surface area contributed by atoms with Crippen LogP contribution in [0.25, 0.3) is 0 Å². The van der Waals surface area contributed by atoms with Crippen molar-refractivity contribution < 1.29 is 26.8 Å². The molecule has 9 heteroatoms. The molecule has 0 rings (SSSR count). The van der Waals surface area contributed by atoms with Crippen LogP contribution < -0.4 is 10.8 Å². The van der Waals surface area contributed by atoms with Crippen LogP contribution in [0.4, 0.5) is 0 Å². The lowest BCUT2D eigenvalue weighted by molar-refractivity contribution is -0.873. The zero-order valence-corrected chi connectivity index (χ0v) is 17.4. The molecule has 0 radical (unpaired) electrons. The van der Waals surface area contributed by atoms with E-state index in [0.29, 0.717) is 16.6 Å². The summed E-state index contributed by atoms with van der Waals surface area (Å²) >= 11 is 0. The molecule has 26 heavy (non-hydrogen) atoms. The van der Waals surface area contributed by atoms with E-state index in [-0.39, 0.29) is 29.7 Å². The summed E-state index contributed by atoms with van der Waals surface area (Å²) in [7, 11) is 1.93. The first-order valence-corrected chi connectivity index (χ1v) is 9.87. The summed E-state index contributed by atoms with van der Waals surface area (Å²) in [6.07, 6.45) is 0. The number of hydroxylamine groups is 1. The minimum atomic E-state index is -3.87. The number of carbonyl (C=O) groups excluding carboxylic acids is 2. The maximum atomic E-state index is 12.2. The third-order valence-electron chi connectivity index (χ3n) is 3.25. The molecule has 8 nitrogen and oxygen atoms in total. The van der Waals surface area contributed by atoms with E-state index in [1.807, 2.05) is 26.6 Å². The first-order chi connectivity index (χ1) is 11.6. The fourth-order valence-electron chi connectivity index (χ4n) is 2.12. The van der Waals surface area contributed by atoms with Gasteiger partial charge in [-0.1, -0.05) is 27.0 Å². The lowest BCUT2D eigenvalue weighted by Gasteiger charge is -2.30. The van der Waals surface area contributed by atoms with E-state index in [1.54, 1.807) is 20.8 Å². The van der Waals surface area contributed by atoms with Gasteiger partial charge in [0.05, 0.1) is 39.4 Å². The maximum Gasteiger partial charge on any atom is 0.288 e. The molecule has 0 bridgehead atoms. The van der Waals surface area contributed by atoms with Crippen LogP contribution in [0.1, 0.15) is 20.8 Å². The van der Waals surface area contributed by atoms with Crippen molar-refractivity contribution in [3.8, 4) is 0 Å². The predicted octanol–water partition coefficient (Wildman–Crippen LogP) is 0.591. The molecule has 0 heterocycles. The Labute approximate surface area is 156 Å². The van der Waals surface area contributed by atoms with Crippen molar-refractivity contribution in [1.82, 2.24) is 10.8 Å². The molecule has 0 aliphatic heterocycles. The van der Waals surface area contributed by atoms with E-state index >= 15 is 0 Å². The average Bonchev–Trinajstić information content (AvgIpc) is 2.45. The highest BCUT2D eigenvalue weighted by Crippen LogP contribution is 2.13. The highest BCUT2D eigenvalue weighted by Gasteiger charge is 2.27.